The molecule has 0 heterocycles. The summed E-state index contributed by atoms with van der Waals surface area (Å²) in [7, 11) is 0. The van der Waals surface area contributed by atoms with Crippen molar-refractivity contribution >= 4 is 5.91 Å². The van der Waals surface area contributed by atoms with E-state index in [1.807, 2.05) is 6.08 Å². The molecule has 0 aromatic rings. The van der Waals surface area contributed by atoms with Crippen LogP contribution in [0.3, 0.4) is 0 Å². The summed E-state index contributed by atoms with van der Waals surface area (Å²) in [6, 6.07) is 0.152. The van der Waals surface area contributed by atoms with E-state index in [1.165, 1.54) is 6.92 Å². The third kappa shape index (κ3) is 1.41. The van der Waals surface area contributed by atoms with Gasteiger partial charge < -0.3 is 10.4 Å². The number of amides is 1. The number of hydrogen-bond acceptors (Lipinski definition) is 2. The zero-order valence-corrected chi connectivity index (χ0v) is 8.66. The van der Waals surface area contributed by atoms with Gasteiger partial charge in [0.2, 0.25) is 5.91 Å². The van der Waals surface area contributed by atoms with Gasteiger partial charge in [0.25, 0.3) is 0 Å². The van der Waals surface area contributed by atoms with Crippen molar-refractivity contribution in [3.8, 4) is 0 Å². The number of nitrogens with one attached hydrogen (secondary N) is 1. The Balaban J connectivity index is 2.11. The van der Waals surface area contributed by atoms with E-state index in [-0.39, 0.29) is 17.9 Å². The standard InChI is InChI=1S/C11H17NO2/c1-6-5-10(14)11-8(6)3-4-9(11)12-7(2)13/h5-6,8-9,11,14H,3-4H2,1-2H3,(H,12,13)/t6-,8+,9-,11-/m0/s1. The van der Waals surface area contributed by atoms with Crippen molar-refractivity contribution in [2.45, 2.75) is 32.7 Å². The minimum absolute atomic E-state index is 0.00278. The van der Waals surface area contributed by atoms with Crippen molar-refractivity contribution < 1.29 is 9.90 Å². The monoisotopic (exact) mass is 195 g/mol. The molecule has 0 aromatic heterocycles. The van der Waals surface area contributed by atoms with E-state index < -0.39 is 0 Å². The molecule has 14 heavy (non-hydrogen) atoms. The Morgan fingerprint density at radius 3 is 2.93 bits per heavy atom. The van der Waals surface area contributed by atoms with Gasteiger partial charge in [0.05, 0.1) is 5.76 Å². The largest absolute Gasteiger partial charge is 0.512 e. The number of carbonyl (C=O) groups excluding carboxylic acids is 1. The van der Waals surface area contributed by atoms with Crippen molar-refractivity contribution in [3.05, 3.63) is 11.8 Å². The van der Waals surface area contributed by atoms with Gasteiger partial charge in [-0.05, 0) is 30.8 Å². The number of hydrogen-bond donors (Lipinski definition) is 2. The Morgan fingerprint density at radius 1 is 1.57 bits per heavy atom. The molecule has 2 N–H and O–H groups in total. The molecule has 0 aliphatic heterocycles. The molecule has 0 radical (unpaired) electrons. The Bertz CT molecular complexity index is 285. The van der Waals surface area contributed by atoms with Gasteiger partial charge in [-0.1, -0.05) is 6.92 Å². The number of allylic oxidation sites excluding steroid dienone is 1. The van der Waals surface area contributed by atoms with Gasteiger partial charge in [-0.15, -0.1) is 0 Å². The third-order valence-corrected chi connectivity index (χ3v) is 3.54. The van der Waals surface area contributed by atoms with E-state index in [9.17, 15) is 9.90 Å². The molecule has 0 aromatic carbocycles. The first kappa shape index (κ1) is 9.56. The number of aliphatic hydroxyl groups excluding tert-OH is 1. The molecule has 2 aliphatic rings. The minimum atomic E-state index is 0.00278. The molecule has 1 fully saturated rings. The summed E-state index contributed by atoms with van der Waals surface area (Å²) >= 11 is 0. The second-order valence-electron chi connectivity index (χ2n) is 4.52. The van der Waals surface area contributed by atoms with Gasteiger partial charge in [0.15, 0.2) is 0 Å². The molecule has 1 amide bonds. The molecular weight excluding hydrogens is 178 g/mol. The molecule has 0 saturated heterocycles. The first-order valence-corrected chi connectivity index (χ1v) is 5.27. The van der Waals surface area contributed by atoms with Crippen LogP contribution in [-0.2, 0) is 4.79 Å². The first-order valence-electron chi connectivity index (χ1n) is 5.27. The first-order chi connectivity index (χ1) is 6.59. The third-order valence-electron chi connectivity index (χ3n) is 3.54. The van der Waals surface area contributed by atoms with Crippen molar-refractivity contribution in [1.82, 2.24) is 5.32 Å². The highest BCUT2D eigenvalue weighted by Gasteiger charge is 2.44. The average Bonchev–Trinajstić information content (AvgIpc) is 2.56. The molecule has 2 rings (SSSR count). The van der Waals surface area contributed by atoms with Crippen LogP contribution in [0.15, 0.2) is 11.8 Å². The number of fused-ring (bicyclic) bond motifs is 1. The molecule has 0 unspecified atom stereocenters. The summed E-state index contributed by atoms with van der Waals surface area (Å²) in [4.78, 5) is 11.0. The normalized spacial score (nSPS) is 40.6. The van der Waals surface area contributed by atoms with E-state index in [0.29, 0.717) is 17.6 Å². The zero-order chi connectivity index (χ0) is 10.3. The highest BCUT2D eigenvalue weighted by atomic mass is 16.3. The number of aliphatic hydroxyl groups is 1. The van der Waals surface area contributed by atoms with Crippen molar-refractivity contribution in [1.29, 1.82) is 0 Å². The summed E-state index contributed by atoms with van der Waals surface area (Å²) in [6.45, 7) is 3.67. The zero-order valence-electron chi connectivity index (χ0n) is 8.66. The lowest BCUT2D eigenvalue weighted by molar-refractivity contribution is -0.119. The van der Waals surface area contributed by atoms with E-state index in [4.69, 9.17) is 0 Å². The summed E-state index contributed by atoms with van der Waals surface area (Å²) in [5.41, 5.74) is 0. The summed E-state index contributed by atoms with van der Waals surface area (Å²) in [6.07, 6.45) is 4.04. The molecular formula is C11H17NO2. The molecule has 2 aliphatic carbocycles. The van der Waals surface area contributed by atoms with Gasteiger partial charge in [0.1, 0.15) is 0 Å². The lowest BCUT2D eigenvalue weighted by Gasteiger charge is -2.20. The van der Waals surface area contributed by atoms with Gasteiger partial charge >= 0.3 is 0 Å². The van der Waals surface area contributed by atoms with Crippen LogP contribution >= 0.6 is 0 Å². The lowest BCUT2D eigenvalue weighted by atomic mass is 9.90. The van der Waals surface area contributed by atoms with Crippen LogP contribution in [0, 0.1) is 17.8 Å². The van der Waals surface area contributed by atoms with Crippen LogP contribution in [0.2, 0.25) is 0 Å². The quantitative estimate of drug-likeness (QED) is 0.667. The predicted molar refractivity (Wildman–Crippen MR) is 53.7 cm³/mol. The second kappa shape index (κ2) is 3.30. The fourth-order valence-corrected chi connectivity index (χ4v) is 2.97. The molecule has 4 atom stereocenters. The molecule has 78 valence electrons. The Morgan fingerprint density at radius 2 is 2.29 bits per heavy atom. The number of carbonyl (C=O) groups is 1. The summed E-state index contributed by atoms with van der Waals surface area (Å²) < 4.78 is 0. The van der Waals surface area contributed by atoms with Crippen molar-refractivity contribution in [2.24, 2.45) is 17.8 Å². The maximum absolute atomic E-state index is 11.0. The van der Waals surface area contributed by atoms with Gasteiger partial charge in [0, 0.05) is 18.9 Å². The van der Waals surface area contributed by atoms with E-state index >= 15 is 0 Å². The maximum Gasteiger partial charge on any atom is 0.217 e. The van der Waals surface area contributed by atoms with Gasteiger partial charge in [-0.25, -0.2) is 0 Å². The Hall–Kier alpha value is -0.990. The second-order valence-corrected chi connectivity index (χ2v) is 4.52. The molecule has 1 saturated carbocycles. The van der Waals surface area contributed by atoms with E-state index in [1.54, 1.807) is 0 Å². The molecule has 0 spiro atoms. The van der Waals surface area contributed by atoms with Gasteiger partial charge in [-0.3, -0.25) is 4.79 Å². The predicted octanol–water partition coefficient (Wildman–Crippen LogP) is 1.61. The number of rotatable bonds is 1. The minimum Gasteiger partial charge on any atom is -0.512 e. The fraction of sp³-hybridized carbons (Fsp3) is 0.727. The Labute approximate surface area is 84.2 Å². The van der Waals surface area contributed by atoms with E-state index in [0.717, 1.165) is 12.8 Å². The molecule has 3 heteroatoms. The summed E-state index contributed by atoms with van der Waals surface area (Å²) in [5.74, 6) is 1.65. The Kier molecular flexibility index (Phi) is 2.25. The highest BCUT2D eigenvalue weighted by molar-refractivity contribution is 5.73. The SMILES string of the molecule is CC(=O)N[C@H]1CC[C@H]2[C@@H]1C(O)=C[C@@H]2C. The van der Waals surface area contributed by atoms with Crippen LogP contribution in [-0.4, -0.2) is 17.1 Å². The van der Waals surface area contributed by atoms with Crippen LogP contribution in [0.1, 0.15) is 26.7 Å². The topological polar surface area (TPSA) is 49.3 Å². The highest BCUT2D eigenvalue weighted by Crippen LogP contribution is 2.46. The van der Waals surface area contributed by atoms with Crippen molar-refractivity contribution in [2.75, 3.05) is 0 Å². The smallest absolute Gasteiger partial charge is 0.217 e. The van der Waals surface area contributed by atoms with Gasteiger partial charge in [-0.2, -0.15) is 0 Å². The van der Waals surface area contributed by atoms with Crippen LogP contribution in [0.25, 0.3) is 0 Å². The molecule has 0 bridgehead atoms. The van der Waals surface area contributed by atoms with E-state index in [2.05, 4.69) is 12.2 Å². The maximum atomic E-state index is 11.0. The van der Waals surface area contributed by atoms with Crippen LogP contribution < -0.4 is 5.32 Å². The van der Waals surface area contributed by atoms with Crippen molar-refractivity contribution in [3.63, 3.8) is 0 Å². The average molecular weight is 195 g/mol. The van der Waals surface area contributed by atoms with Crippen LogP contribution in [0.4, 0.5) is 0 Å². The molecule has 3 nitrogen and oxygen atoms in total. The van der Waals surface area contributed by atoms with Crippen LogP contribution in [0.5, 0.6) is 0 Å². The lowest BCUT2D eigenvalue weighted by Crippen LogP contribution is -2.37. The fourth-order valence-electron chi connectivity index (χ4n) is 2.97. The summed E-state index contributed by atoms with van der Waals surface area (Å²) in [5, 5.41) is 12.7.